The molecule has 1 heterocycles. The largest absolute Gasteiger partial charge is 0.395 e. The second-order valence-corrected chi connectivity index (χ2v) is 6.29. The molecule has 0 bridgehead atoms. The van der Waals surface area contributed by atoms with Gasteiger partial charge in [-0.3, -0.25) is 9.69 Å². The normalized spacial score (nSPS) is 11.2. The molecule has 20 heavy (non-hydrogen) atoms. The summed E-state index contributed by atoms with van der Waals surface area (Å²) in [7, 11) is 1.89. The van der Waals surface area contributed by atoms with Gasteiger partial charge in [0.1, 0.15) is 0 Å². The Morgan fingerprint density at radius 1 is 1.35 bits per heavy atom. The maximum Gasteiger partial charge on any atom is 0.305 e. The van der Waals surface area contributed by atoms with Crippen LogP contribution in [-0.4, -0.2) is 35.2 Å². The summed E-state index contributed by atoms with van der Waals surface area (Å²) in [6, 6.07) is 5.26. The van der Waals surface area contributed by atoms with E-state index in [0.29, 0.717) is 23.1 Å². The van der Waals surface area contributed by atoms with Crippen molar-refractivity contribution in [3.8, 4) is 11.3 Å². The number of likely N-dealkylation sites (N-methyl/N-ethyl adjacent to an activating group) is 1. The Kier molecular flexibility index (Phi) is 5.23. The standard InChI is InChI=1S/C13H14Cl2N2O2S/c1-17(4-5-18)7-11-12(16-13(19)20-11)8-2-3-9(14)10(15)6-8/h2-3,6,18H,4-5,7H2,1H3,(H,16,19). The summed E-state index contributed by atoms with van der Waals surface area (Å²) in [5, 5.41) is 9.86. The van der Waals surface area contributed by atoms with Crippen LogP contribution in [-0.2, 0) is 6.54 Å². The molecule has 1 aromatic heterocycles. The van der Waals surface area contributed by atoms with Crippen LogP contribution in [0.2, 0.25) is 10.0 Å². The summed E-state index contributed by atoms with van der Waals surface area (Å²) in [4.78, 5) is 17.2. The molecule has 0 saturated heterocycles. The van der Waals surface area contributed by atoms with Gasteiger partial charge in [-0.05, 0) is 19.2 Å². The molecule has 0 aliphatic rings. The smallest absolute Gasteiger partial charge is 0.305 e. The molecule has 2 rings (SSSR count). The predicted octanol–water partition coefficient (Wildman–Crippen LogP) is 2.83. The molecule has 1 aromatic carbocycles. The SMILES string of the molecule is CN(CCO)Cc1sc(=O)[nH]c1-c1ccc(Cl)c(Cl)c1. The first-order valence-electron chi connectivity index (χ1n) is 5.98. The number of aromatic amines is 1. The molecule has 0 aliphatic carbocycles. The number of hydrogen-bond acceptors (Lipinski definition) is 4. The summed E-state index contributed by atoms with van der Waals surface area (Å²) in [5.41, 5.74) is 1.58. The molecule has 2 N–H and O–H groups in total. The summed E-state index contributed by atoms with van der Waals surface area (Å²) in [6.07, 6.45) is 0. The zero-order valence-corrected chi connectivity index (χ0v) is 13.1. The van der Waals surface area contributed by atoms with Crippen molar-refractivity contribution in [2.24, 2.45) is 0 Å². The van der Waals surface area contributed by atoms with E-state index in [1.165, 1.54) is 0 Å². The third-order valence-electron chi connectivity index (χ3n) is 2.83. The molecule has 108 valence electrons. The number of H-pyrrole nitrogens is 1. The van der Waals surface area contributed by atoms with E-state index in [-0.39, 0.29) is 11.5 Å². The highest BCUT2D eigenvalue weighted by Gasteiger charge is 2.13. The first kappa shape index (κ1) is 15.5. The highest BCUT2D eigenvalue weighted by molar-refractivity contribution is 7.09. The summed E-state index contributed by atoms with van der Waals surface area (Å²) in [5.74, 6) is 0. The Morgan fingerprint density at radius 3 is 2.75 bits per heavy atom. The van der Waals surface area contributed by atoms with Crippen molar-refractivity contribution in [3.63, 3.8) is 0 Å². The molecular weight excluding hydrogens is 319 g/mol. The van der Waals surface area contributed by atoms with Crippen molar-refractivity contribution in [2.75, 3.05) is 20.2 Å². The zero-order chi connectivity index (χ0) is 14.7. The molecule has 0 amide bonds. The Morgan fingerprint density at radius 2 is 2.10 bits per heavy atom. The van der Waals surface area contributed by atoms with Crippen LogP contribution in [0.4, 0.5) is 0 Å². The third-order valence-corrected chi connectivity index (χ3v) is 4.43. The van der Waals surface area contributed by atoms with Crippen molar-refractivity contribution >= 4 is 34.5 Å². The second kappa shape index (κ2) is 6.74. The number of thiazole rings is 1. The Bertz CT molecular complexity index is 654. The van der Waals surface area contributed by atoms with Gasteiger partial charge in [0.15, 0.2) is 0 Å². The first-order valence-corrected chi connectivity index (χ1v) is 7.55. The van der Waals surface area contributed by atoms with Gasteiger partial charge in [0.25, 0.3) is 0 Å². The molecule has 2 aromatic rings. The van der Waals surface area contributed by atoms with E-state index in [0.717, 1.165) is 27.5 Å². The minimum absolute atomic E-state index is 0.0813. The van der Waals surface area contributed by atoms with Crippen molar-refractivity contribution in [1.82, 2.24) is 9.88 Å². The van der Waals surface area contributed by atoms with Crippen molar-refractivity contribution in [3.05, 3.63) is 42.8 Å². The van der Waals surface area contributed by atoms with Gasteiger partial charge in [0, 0.05) is 23.5 Å². The number of rotatable bonds is 5. The molecule has 0 saturated carbocycles. The van der Waals surface area contributed by atoms with Crippen LogP contribution >= 0.6 is 34.5 Å². The molecule has 4 nitrogen and oxygen atoms in total. The monoisotopic (exact) mass is 332 g/mol. The highest BCUT2D eigenvalue weighted by atomic mass is 35.5. The summed E-state index contributed by atoms with van der Waals surface area (Å²) < 4.78 is 0. The Balaban J connectivity index is 2.36. The van der Waals surface area contributed by atoms with Gasteiger partial charge in [-0.15, -0.1) is 0 Å². The molecule has 0 radical (unpaired) electrons. The van der Waals surface area contributed by atoms with Crippen LogP contribution < -0.4 is 4.87 Å². The van der Waals surface area contributed by atoms with Gasteiger partial charge >= 0.3 is 4.87 Å². The van der Waals surface area contributed by atoms with E-state index >= 15 is 0 Å². The lowest BCUT2D eigenvalue weighted by Gasteiger charge is -2.14. The fourth-order valence-electron chi connectivity index (χ4n) is 1.85. The fourth-order valence-corrected chi connectivity index (χ4v) is 3.08. The fraction of sp³-hybridized carbons (Fsp3) is 0.308. The Labute approximate surface area is 130 Å². The minimum atomic E-state index is -0.113. The third kappa shape index (κ3) is 3.62. The van der Waals surface area contributed by atoms with Crippen molar-refractivity contribution in [1.29, 1.82) is 0 Å². The van der Waals surface area contributed by atoms with E-state index in [4.69, 9.17) is 28.3 Å². The zero-order valence-electron chi connectivity index (χ0n) is 10.8. The number of hydrogen-bond donors (Lipinski definition) is 2. The van der Waals surface area contributed by atoms with E-state index in [1.807, 2.05) is 18.0 Å². The van der Waals surface area contributed by atoms with Gasteiger partial charge in [0.05, 0.1) is 22.3 Å². The van der Waals surface area contributed by atoms with E-state index in [9.17, 15) is 4.79 Å². The van der Waals surface area contributed by atoms with Gasteiger partial charge in [-0.1, -0.05) is 40.6 Å². The van der Waals surface area contributed by atoms with Crippen LogP contribution in [0.15, 0.2) is 23.0 Å². The average Bonchev–Trinajstić information content (AvgIpc) is 2.74. The van der Waals surface area contributed by atoms with Crippen LogP contribution in [0.1, 0.15) is 4.88 Å². The highest BCUT2D eigenvalue weighted by Crippen LogP contribution is 2.30. The first-order chi connectivity index (χ1) is 9.51. The van der Waals surface area contributed by atoms with Gasteiger partial charge in [-0.25, -0.2) is 0 Å². The van der Waals surface area contributed by atoms with Crippen LogP contribution in [0, 0.1) is 0 Å². The lowest BCUT2D eigenvalue weighted by Crippen LogP contribution is -2.21. The summed E-state index contributed by atoms with van der Waals surface area (Å²) in [6.45, 7) is 1.21. The second-order valence-electron chi connectivity index (χ2n) is 4.40. The molecule has 0 spiro atoms. The number of nitrogens with zero attached hydrogens (tertiary/aromatic N) is 1. The Hall–Kier alpha value is -0.850. The van der Waals surface area contributed by atoms with Crippen molar-refractivity contribution in [2.45, 2.75) is 6.54 Å². The lowest BCUT2D eigenvalue weighted by molar-refractivity contribution is 0.218. The van der Waals surface area contributed by atoms with E-state index < -0.39 is 0 Å². The number of halogens is 2. The molecule has 0 unspecified atom stereocenters. The quantitative estimate of drug-likeness (QED) is 0.885. The van der Waals surface area contributed by atoms with Gasteiger partial charge in [-0.2, -0.15) is 0 Å². The molecule has 7 heteroatoms. The number of aromatic nitrogens is 1. The number of benzene rings is 1. The minimum Gasteiger partial charge on any atom is -0.395 e. The summed E-state index contributed by atoms with van der Waals surface area (Å²) >= 11 is 13.1. The number of aliphatic hydroxyl groups is 1. The molecule has 0 atom stereocenters. The number of aliphatic hydroxyl groups excluding tert-OH is 1. The van der Waals surface area contributed by atoms with E-state index in [1.54, 1.807) is 12.1 Å². The van der Waals surface area contributed by atoms with Crippen LogP contribution in [0.5, 0.6) is 0 Å². The van der Waals surface area contributed by atoms with Gasteiger partial charge in [0.2, 0.25) is 0 Å². The van der Waals surface area contributed by atoms with Gasteiger partial charge < -0.3 is 10.1 Å². The molecular formula is C13H14Cl2N2O2S. The molecule has 0 fully saturated rings. The van der Waals surface area contributed by atoms with Crippen molar-refractivity contribution < 1.29 is 5.11 Å². The maximum atomic E-state index is 11.6. The predicted molar refractivity (Wildman–Crippen MR) is 83.8 cm³/mol. The van der Waals surface area contributed by atoms with Crippen LogP contribution in [0.3, 0.4) is 0 Å². The van der Waals surface area contributed by atoms with Crippen LogP contribution in [0.25, 0.3) is 11.3 Å². The lowest BCUT2D eigenvalue weighted by atomic mass is 10.1. The van der Waals surface area contributed by atoms with E-state index in [2.05, 4.69) is 4.98 Å². The topological polar surface area (TPSA) is 56.3 Å². The molecule has 0 aliphatic heterocycles. The average molecular weight is 333 g/mol. The maximum absolute atomic E-state index is 11.6. The number of nitrogens with one attached hydrogen (secondary N) is 1.